The molecule has 0 saturated heterocycles. The van der Waals surface area contributed by atoms with Crippen molar-refractivity contribution in [3.05, 3.63) is 54.6 Å². The van der Waals surface area contributed by atoms with Gasteiger partial charge in [-0.25, -0.2) is 0 Å². The lowest BCUT2D eigenvalue weighted by atomic mass is 10.3. The first-order valence-corrected chi connectivity index (χ1v) is 19.3. The van der Waals surface area contributed by atoms with Gasteiger partial charge in [-0.05, 0) is 24.3 Å². The van der Waals surface area contributed by atoms with Gasteiger partial charge in [0.15, 0.2) is 0 Å². The largest absolute Gasteiger partial charge is 0.489 e. The van der Waals surface area contributed by atoms with Gasteiger partial charge in [0.05, 0.1) is 163 Å². The monoisotopic (exact) mass is 777 g/mol. The first-order chi connectivity index (χ1) is 26.1. The first kappa shape index (κ1) is 46.7. The van der Waals surface area contributed by atoms with Crippen molar-refractivity contribution in [2.24, 2.45) is 0 Å². The Morgan fingerprint density at radius 1 is 0.358 bits per heavy atom. The van der Waals surface area contributed by atoms with Gasteiger partial charge < -0.3 is 62.6 Å². The van der Waals surface area contributed by atoms with Gasteiger partial charge in [-0.15, -0.1) is 0 Å². The number of para-hydroxylation sites is 2. The third-order valence-corrected chi connectivity index (χ3v) is 7.95. The van der Waals surface area contributed by atoms with Crippen LogP contribution in [0.3, 0.4) is 0 Å². The SMILES string of the molecule is Nc1ccccc1OCCOCCOCCOCCOCCOCCOCCOCCOCCOCCOCCOCCOS(=O)(=O)c1ccccc1. The minimum Gasteiger partial charge on any atom is -0.489 e. The molecule has 0 spiro atoms. The fourth-order valence-corrected chi connectivity index (χ4v) is 4.90. The van der Waals surface area contributed by atoms with Crippen molar-refractivity contribution in [1.29, 1.82) is 0 Å². The van der Waals surface area contributed by atoms with Crippen LogP contribution in [0.25, 0.3) is 0 Å². The van der Waals surface area contributed by atoms with E-state index in [1.165, 1.54) is 12.1 Å². The number of nitrogens with two attached hydrogens (primary N) is 1. The maximum absolute atomic E-state index is 12.0. The molecule has 0 atom stereocenters. The molecular weight excluding hydrogens is 718 g/mol. The highest BCUT2D eigenvalue weighted by molar-refractivity contribution is 7.86. The lowest BCUT2D eigenvalue weighted by Crippen LogP contribution is -2.16. The highest BCUT2D eigenvalue weighted by Crippen LogP contribution is 2.19. The number of nitrogen functional groups attached to an aromatic ring is 1. The van der Waals surface area contributed by atoms with Gasteiger partial charge in [0.25, 0.3) is 10.1 Å². The van der Waals surface area contributed by atoms with Gasteiger partial charge in [-0.3, -0.25) is 4.18 Å². The zero-order chi connectivity index (χ0) is 37.8. The van der Waals surface area contributed by atoms with Crippen LogP contribution in [0.15, 0.2) is 59.5 Å². The molecule has 0 unspecified atom stereocenters. The molecule has 53 heavy (non-hydrogen) atoms. The van der Waals surface area contributed by atoms with Crippen molar-refractivity contribution in [1.82, 2.24) is 0 Å². The molecule has 0 heterocycles. The second-order valence-electron chi connectivity index (χ2n) is 10.7. The molecule has 16 nitrogen and oxygen atoms in total. The van der Waals surface area contributed by atoms with E-state index in [1.54, 1.807) is 24.3 Å². The summed E-state index contributed by atoms with van der Waals surface area (Å²) in [6.07, 6.45) is 0. The van der Waals surface area contributed by atoms with Crippen LogP contribution in [0, 0.1) is 0 Å². The van der Waals surface area contributed by atoms with Crippen LogP contribution < -0.4 is 10.5 Å². The van der Waals surface area contributed by atoms with Crippen LogP contribution in [0.5, 0.6) is 5.75 Å². The van der Waals surface area contributed by atoms with E-state index in [1.807, 2.05) is 18.2 Å². The van der Waals surface area contributed by atoms with E-state index >= 15 is 0 Å². The predicted octanol–water partition coefficient (Wildman–Crippen LogP) is 2.24. The molecule has 2 aromatic rings. The molecule has 0 aliphatic carbocycles. The summed E-state index contributed by atoms with van der Waals surface area (Å²) in [5.74, 6) is 0.661. The van der Waals surface area contributed by atoms with Crippen LogP contribution in [0.4, 0.5) is 5.69 Å². The third-order valence-electron chi connectivity index (χ3n) is 6.62. The molecule has 0 bridgehead atoms. The molecule has 0 aliphatic heterocycles. The van der Waals surface area contributed by atoms with E-state index in [0.29, 0.717) is 157 Å². The van der Waals surface area contributed by atoms with Crippen LogP contribution in [-0.2, 0) is 66.4 Å². The van der Waals surface area contributed by atoms with Gasteiger partial charge in [0.2, 0.25) is 0 Å². The molecule has 0 aliphatic rings. The van der Waals surface area contributed by atoms with Crippen LogP contribution in [0.1, 0.15) is 0 Å². The Labute approximate surface area is 314 Å². The van der Waals surface area contributed by atoms with Crippen molar-refractivity contribution < 1.29 is 69.4 Å². The molecule has 2 rings (SSSR count). The summed E-state index contributed by atoms with van der Waals surface area (Å²) in [6.45, 7) is 10.2. The summed E-state index contributed by atoms with van der Waals surface area (Å²) in [5.41, 5.74) is 6.43. The van der Waals surface area contributed by atoms with E-state index < -0.39 is 10.1 Å². The zero-order valence-corrected chi connectivity index (χ0v) is 31.6. The van der Waals surface area contributed by atoms with Crippen LogP contribution in [0.2, 0.25) is 0 Å². The molecule has 0 amide bonds. The van der Waals surface area contributed by atoms with Gasteiger partial charge in [0, 0.05) is 0 Å². The topological polar surface area (TPSA) is 180 Å². The van der Waals surface area contributed by atoms with E-state index in [9.17, 15) is 8.42 Å². The van der Waals surface area contributed by atoms with Crippen molar-refractivity contribution in [3.8, 4) is 5.75 Å². The minimum absolute atomic E-state index is 0.0621. The fraction of sp³-hybridized carbons (Fsp3) is 0.667. The summed E-state index contributed by atoms with van der Waals surface area (Å²) in [7, 11) is -3.76. The normalized spacial score (nSPS) is 11.7. The molecule has 2 aromatic carbocycles. The molecule has 17 heteroatoms. The van der Waals surface area contributed by atoms with E-state index in [2.05, 4.69) is 0 Å². The molecule has 0 saturated carbocycles. The third kappa shape index (κ3) is 27.7. The molecule has 0 radical (unpaired) electrons. The summed E-state index contributed by atoms with van der Waals surface area (Å²) < 4.78 is 94.5. The highest BCUT2D eigenvalue weighted by Gasteiger charge is 2.13. The Morgan fingerprint density at radius 2 is 0.642 bits per heavy atom. The Morgan fingerprint density at radius 3 is 0.981 bits per heavy atom. The Hall–Kier alpha value is -2.49. The highest BCUT2D eigenvalue weighted by atomic mass is 32.2. The Kier molecular flexibility index (Phi) is 30.0. The summed E-state index contributed by atoms with van der Waals surface area (Å²) in [6, 6.07) is 15.3. The van der Waals surface area contributed by atoms with Gasteiger partial charge in [0.1, 0.15) is 12.4 Å². The van der Waals surface area contributed by atoms with E-state index in [4.69, 9.17) is 66.8 Å². The fourth-order valence-electron chi connectivity index (χ4n) is 3.98. The Bertz CT molecular complexity index is 1200. The maximum atomic E-state index is 12.0. The number of hydrogen-bond acceptors (Lipinski definition) is 16. The van der Waals surface area contributed by atoms with E-state index in [-0.39, 0.29) is 18.1 Å². The second kappa shape index (κ2) is 34.0. The lowest BCUT2D eigenvalue weighted by molar-refractivity contribution is -0.0279. The average Bonchev–Trinajstić information content (AvgIpc) is 3.17. The van der Waals surface area contributed by atoms with Crippen LogP contribution in [-0.4, -0.2) is 167 Å². The van der Waals surface area contributed by atoms with Crippen molar-refractivity contribution in [3.63, 3.8) is 0 Å². The maximum Gasteiger partial charge on any atom is 0.297 e. The van der Waals surface area contributed by atoms with Gasteiger partial charge >= 0.3 is 0 Å². The van der Waals surface area contributed by atoms with Gasteiger partial charge in [-0.2, -0.15) is 8.42 Å². The number of anilines is 1. The van der Waals surface area contributed by atoms with Crippen molar-refractivity contribution in [2.45, 2.75) is 4.90 Å². The van der Waals surface area contributed by atoms with E-state index in [0.717, 1.165) is 0 Å². The Balaban J connectivity index is 1.15. The quantitative estimate of drug-likeness (QED) is 0.0593. The van der Waals surface area contributed by atoms with Crippen molar-refractivity contribution >= 4 is 15.8 Å². The molecule has 0 aromatic heterocycles. The molecule has 304 valence electrons. The lowest BCUT2D eigenvalue weighted by Gasteiger charge is -2.10. The molecular formula is C36H59NO15S. The summed E-state index contributed by atoms with van der Waals surface area (Å²) in [4.78, 5) is 0.118. The summed E-state index contributed by atoms with van der Waals surface area (Å²) >= 11 is 0. The van der Waals surface area contributed by atoms with Crippen LogP contribution >= 0.6 is 0 Å². The number of ether oxygens (including phenoxy) is 12. The zero-order valence-electron chi connectivity index (χ0n) is 30.8. The first-order valence-electron chi connectivity index (χ1n) is 17.9. The smallest absolute Gasteiger partial charge is 0.297 e. The predicted molar refractivity (Wildman–Crippen MR) is 195 cm³/mol. The minimum atomic E-state index is -3.76. The van der Waals surface area contributed by atoms with Crippen molar-refractivity contribution in [2.75, 3.05) is 164 Å². The second-order valence-corrected chi connectivity index (χ2v) is 12.3. The molecule has 2 N–H and O–H groups in total. The summed E-state index contributed by atoms with van der Waals surface area (Å²) in [5, 5.41) is 0. The number of rotatable bonds is 39. The number of benzene rings is 2. The molecule has 0 fully saturated rings. The number of hydrogen-bond donors (Lipinski definition) is 1. The van der Waals surface area contributed by atoms with Gasteiger partial charge in [-0.1, -0.05) is 30.3 Å². The average molecular weight is 778 g/mol. The standard InChI is InChI=1S/C36H59NO15S/c37-35-8-4-5-9-36(35)51-32-30-49-28-26-47-24-22-45-20-18-43-16-14-41-12-10-40-11-13-42-15-17-44-19-21-46-23-25-48-27-29-50-31-33-52-53(38,39)34-6-2-1-3-7-34/h1-9H,10-33,37H2.